The maximum atomic E-state index is 12.4. The zero-order valence-corrected chi connectivity index (χ0v) is 23.0. The molecule has 1 atom stereocenters. The van der Waals surface area contributed by atoms with E-state index >= 15 is 0 Å². The van der Waals surface area contributed by atoms with Gasteiger partial charge in [-0.05, 0) is 44.6 Å². The predicted molar refractivity (Wildman–Crippen MR) is 144 cm³/mol. The van der Waals surface area contributed by atoms with Crippen LogP contribution in [0, 0.1) is 6.92 Å². The molecule has 7 nitrogen and oxygen atoms in total. The van der Waals surface area contributed by atoms with Crippen molar-refractivity contribution in [1.82, 2.24) is 5.32 Å². The highest BCUT2D eigenvalue weighted by molar-refractivity contribution is 7.46. The number of nitrogens with one attached hydrogen (secondary N) is 1. The number of aryl methyl sites for hydroxylation is 1. The van der Waals surface area contributed by atoms with Crippen molar-refractivity contribution < 1.29 is 28.5 Å². The number of hydrogen-bond acceptors (Lipinski definition) is 4. The van der Waals surface area contributed by atoms with Gasteiger partial charge < -0.3 is 9.84 Å². The number of phosphoric acid groups is 1. The van der Waals surface area contributed by atoms with Crippen LogP contribution in [0.4, 0.5) is 0 Å². The second-order valence-corrected chi connectivity index (χ2v) is 10.7. The largest absolute Gasteiger partial charge is 0.527 e. The molecule has 1 aromatic carbocycles. The summed E-state index contributed by atoms with van der Waals surface area (Å²) in [7, 11) is -4.99. The van der Waals surface area contributed by atoms with Crippen molar-refractivity contribution in [2.75, 3.05) is 0 Å². The molecule has 0 aliphatic rings. The van der Waals surface area contributed by atoms with Gasteiger partial charge in [-0.1, -0.05) is 100 Å². The molecule has 0 bridgehead atoms. The van der Waals surface area contributed by atoms with Gasteiger partial charge in [-0.3, -0.25) is 14.6 Å². The quantitative estimate of drug-likeness (QED) is 0.0996. The van der Waals surface area contributed by atoms with E-state index in [0.29, 0.717) is 6.42 Å². The van der Waals surface area contributed by atoms with Gasteiger partial charge >= 0.3 is 13.8 Å². The zero-order valence-electron chi connectivity index (χ0n) is 22.1. The van der Waals surface area contributed by atoms with Crippen molar-refractivity contribution in [2.24, 2.45) is 0 Å². The lowest BCUT2D eigenvalue weighted by molar-refractivity contribution is -0.140. The Kier molecular flexibility index (Phi) is 17.1. The van der Waals surface area contributed by atoms with Gasteiger partial charge in [-0.2, -0.15) is 0 Å². The molecule has 0 aromatic heterocycles. The molecule has 36 heavy (non-hydrogen) atoms. The molecule has 0 unspecified atom stereocenters. The molecule has 0 aliphatic heterocycles. The fourth-order valence-electron chi connectivity index (χ4n) is 3.96. The van der Waals surface area contributed by atoms with Crippen molar-refractivity contribution in [3.05, 3.63) is 47.5 Å². The first-order valence-corrected chi connectivity index (χ1v) is 15.0. The average molecular weight is 524 g/mol. The van der Waals surface area contributed by atoms with Gasteiger partial charge in [0, 0.05) is 12.8 Å². The summed E-state index contributed by atoms with van der Waals surface area (Å²) in [5.74, 6) is -1.46. The van der Waals surface area contributed by atoms with Crippen molar-refractivity contribution >= 4 is 19.7 Å². The van der Waals surface area contributed by atoms with Crippen molar-refractivity contribution in [3.63, 3.8) is 0 Å². The Labute approximate surface area is 217 Å². The topological polar surface area (TPSA) is 113 Å². The Balaban J connectivity index is 2.24. The zero-order chi connectivity index (χ0) is 26.7. The molecule has 0 spiro atoms. The molecule has 0 saturated heterocycles. The minimum atomic E-state index is -4.99. The van der Waals surface area contributed by atoms with Crippen LogP contribution in [-0.2, 0) is 25.1 Å². The second-order valence-electron chi connectivity index (χ2n) is 9.55. The third kappa shape index (κ3) is 17.5. The van der Waals surface area contributed by atoms with Crippen LogP contribution in [0.5, 0.6) is 0 Å². The summed E-state index contributed by atoms with van der Waals surface area (Å²) in [6.45, 7) is 4.17. The van der Waals surface area contributed by atoms with Crippen LogP contribution in [0.25, 0.3) is 0 Å². The summed E-state index contributed by atoms with van der Waals surface area (Å²) in [5.41, 5.74) is 1.80. The number of rotatable bonds is 20. The molecule has 1 amide bonds. The van der Waals surface area contributed by atoms with Crippen LogP contribution in [0.3, 0.4) is 0 Å². The van der Waals surface area contributed by atoms with Crippen LogP contribution in [0.15, 0.2) is 36.4 Å². The predicted octanol–water partition coefficient (Wildman–Crippen LogP) is 6.70. The highest BCUT2D eigenvalue weighted by Crippen LogP contribution is 2.36. The number of benzene rings is 1. The van der Waals surface area contributed by atoms with Gasteiger partial charge in [0.2, 0.25) is 5.91 Å². The molecule has 0 saturated carbocycles. The monoisotopic (exact) mass is 523 g/mol. The number of carbonyl (C=O) groups excluding carboxylic acids is 2. The molecule has 3 N–H and O–H groups in total. The summed E-state index contributed by atoms with van der Waals surface area (Å²) in [5, 5.41) is 2.59. The standard InChI is InChI=1S/C28H46NO6P/c1-3-4-5-6-7-8-9-10-11-12-13-14-15-16-17-18-27(30)29-26(28(31)35-36(32,33)34)23-25-21-19-24(2)20-22-25/h10-11,19-22,26H,3-9,12-18,23H2,1-2H3,(H,29,30)(H2,32,33,34)/b11-10-/t26-/m0/s1. The van der Waals surface area contributed by atoms with E-state index in [9.17, 15) is 14.2 Å². The third-order valence-electron chi connectivity index (χ3n) is 6.05. The van der Waals surface area contributed by atoms with E-state index in [2.05, 4.69) is 28.9 Å². The molecule has 8 heteroatoms. The number of unbranched alkanes of at least 4 members (excludes halogenated alkanes) is 11. The number of hydrogen-bond donors (Lipinski definition) is 3. The van der Waals surface area contributed by atoms with E-state index in [1.54, 1.807) is 0 Å². The van der Waals surface area contributed by atoms with E-state index in [1.165, 1.54) is 44.9 Å². The summed E-state index contributed by atoms with van der Waals surface area (Å²) in [4.78, 5) is 42.6. The molecule has 1 aromatic rings. The smallest absolute Gasteiger partial charge is 0.369 e. The Morgan fingerprint density at radius 2 is 1.42 bits per heavy atom. The van der Waals surface area contributed by atoms with Crippen molar-refractivity contribution in [1.29, 1.82) is 0 Å². The molecule has 204 valence electrons. The Morgan fingerprint density at radius 1 is 0.889 bits per heavy atom. The highest BCUT2D eigenvalue weighted by atomic mass is 31.2. The SMILES string of the molecule is CCCCCCCC/C=C\CCCCCCCC(=O)N[C@@H](Cc1ccc(C)cc1)C(=O)OP(=O)(O)O. The van der Waals surface area contributed by atoms with Gasteiger partial charge in [0.1, 0.15) is 6.04 Å². The number of carbonyl (C=O) groups is 2. The fraction of sp³-hybridized carbons (Fsp3) is 0.643. The van der Waals surface area contributed by atoms with Gasteiger partial charge in [0.25, 0.3) is 0 Å². The Hall–Kier alpha value is -1.95. The van der Waals surface area contributed by atoms with Crippen LogP contribution in [0.1, 0.15) is 108 Å². The molecule has 0 fully saturated rings. The second kappa shape index (κ2) is 19.2. The minimum Gasteiger partial charge on any atom is -0.369 e. The van der Waals surface area contributed by atoms with E-state index < -0.39 is 19.8 Å². The highest BCUT2D eigenvalue weighted by Gasteiger charge is 2.29. The summed E-state index contributed by atoms with van der Waals surface area (Å²) in [6, 6.07) is 6.20. The van der Waals surface area contributed by atoms with Gasteiger partial charge in [-0.15, -0.1) is 0 Å². The molecule has 0 aliphatic carbocycles. The molecule has 0 radical (unpaired) electrons. The molecule has 0 heterocycles. The first-order valence-electron chi connectivity index (χ1n) is 13.5. The number of allylic oxidation sites excluding steroid dienone is 2. The Morgan fingerprint density at radius 3 is 1.97 bits per heavy atom. The fourth-order valence-corrected chi connectivity index (χ4v) is 4.32. The summed E-state index contributed by atoms with van der Waals surface area (Å²) >= 11 is 0. The first-order chi connectivity index (χ1) is 17.2. The summed E-state index contributed by atoms with van der Waals surface area (Å²) < 4.78 is 15.3. The number of amides is 1. The van der Waals surface area contributed by atoms with E-state index in [4.69, 9.17) is 9.79 Å². The first kappa shape index (κ1) is 32.1. The number of phosphoric ester groups is 1. The van der Waals surface area contributed by atoms with Gasteiger partial charge in [0.15, 0.2) is 0 Å². The lowest BCUT2D eigenvalue weighted by Crippen LogP contribution is -2.43. The lowest BCUT2D eigenvalue weighted by atomic mass is 10.0. The van der Waals surface area contributed by atoms with Gasteiger partial charge in [-0.25, -0.2) is 9.36 Å². The third-order valence-corrected chi connectivity index (χ3v) is 6.47. The molecular formula is C28H46NO6P. The molecule has 1 rings (SSSR count). The van der Waals surface area contributed by atoms with Crippen LogP contribution >= 0.6 is 7.82 Å². The van der Waals surface area contributed by atoms with Crippen LogP contribution < -0.4 is 5.32 Å². The summed E-state index contributed by atoms with van der Waals surface area (Å²) in [6.07, 6.45) is 20.1. The maximum absolute atomic E-state index is 12.4. The van der Waals surface area contributed by atoms with E-state index in [0.717, 1.165) is 43.2 Å². The van der Waals surface area contributed by atoms with Gasteiger partial charge in [0.05, 0.1) is 0 Å². The van der Waals surface area contributed by atoms with Crippen molar-refractivity contribution in [3.8, 4) is 0 Å². The average Bonchev–Trinajstić information content (AvgIpc) is 2.81. The lowest BCUT2D eigenvalue weighted by Gasteiger charge is -2.18. The van der Waals surface area contributed by atoms with Crippen LogP contribution in [-0.4, -0.2) is 27.7 Å². The van der Waals surface area contributed by atoms with Crippen molar-refractivity contribution in [2.45, 2.75) is 116 Å². The Bertz CT molecular complexity index is 818. The molecular weight excluding hydrogens is 477 g/mol. The minimum absolute atomic E-state index is 0.0945. The maximum Gasteiger partial charge on any atom is 0.527 e. The van der Waals surface area contributed by atoms with E-state index in [-0.39, 0.29) is 18.7 Å². The van der Waals surface area contributed by atoms with Crippen LogP contribution in [0.2, 0.25) is 0 Å². The normalized spacial score (nSPS) is 12.6. The van der Waals surface area contributed by atoms with E-state index in [1.807, 2.05) is 31.2 Å².